The molecule has 0 saturated heterocycles. The van der Waals surface area contributed by atoms with Crippen molar-refractivity contribution >= 4 is 21.9 Å². The summed E-state index contributed by atoms with van der Waals surface area (Å²) in [5.41, 5.74) is 0. The van der Waals surface area contributed by atoms with E-state index in [9.17, 15) is 22.4 Å². The van der Waals surface area contributed by atoms with Gasteiger partial charge in [-0.25, -0.2) is 12.8 Å². The van der Waals surface area contributed by atoms with Crippen LogP contribution < -0.4 is 10.0 Å². The summed E-state index contributed by atoms with van der Waals surface area (Å²) in [7, 11) is -4.03. The highest BCUT2D eigenvalue weighted by atomic mass is 32.2. The van der Waals surface area contributed by atoms with Gasteiger partial charge in [-0.15, -0.1) is 0 Å². The van der Waals surface area contributed by atoms with Crippen molar-refractivity contribution in [1.82, 2.24) is 10.0 Å². The molecule has 1 rings (SSSR count). The molecule has 22 heavy (non-hydrogen) atoms. The molecule has 7 nitrogen and oxygen atoms in total. The van der Waals surface area contributed by atoms with Crippen molar-refractivity contribution in [3.05, 3.63) is 30.1 Å². The van der Waals surface area contributed by atoms with Gasteiger partial charge in [-0.3, -0.25) is 9.59 Å². The van der Waals surface area contributed by atoms with Gasteiger partial charge in [0.25, 0.3) is 5.91 Å². The van der Waals surface area contributed by atoms with Crippen LogP contribution >= 0.6 is 0 Å². The maximum atomic E-state index is 13.0. The van der Waals surface area contributed by atoms with Crippen LogP contribution in [-0.2, 0) is 24.3 Å². The number of hydrogen-bond acceptors (Lipinski definition) is 5. The number of amides is 1. The molecule has 1 aromatic rings. The maximum absolute atomic E-state index is 13.0. The highest BCUT2D eigenvalue weighted by Gasteiger charge is 2.17. The third-order valence-electron chi connectivity index (χ3n) is 2.33. The number of sulfonamides is 1. The number of halogens is 1. The molecule has 1 amide bonds. The van der Waals surface area contributed by atoms with E-state index < -0.39 is 40.9 Å². The van der Waals surface area contributed by atoms with E-state index in [1.54, 1.807) is 13.8 Å². The SMILES string of the molecule is CC(C)NC(=O)COC(=O)CNS(=O)(=O)c1cccc(F)c1. The van der Waals surface area contributed by atoms with Crippen molar-refractivity contribution in [2.45, 2.75) is 24.8 Å². The number of hydrogen-bond donors (Lipinski definition) is 2. The Morgan fingerprint density at radius 2 is 2.00 bits per heavy atom. The van der Waals surface area contributed by atoms with Gasteiger partial charge in [-0.1, -0.05) is 6.07 Å². The second-order valence-corrected chi connectivity index (χ2v) is 6.43. The van der Waals surface area contributed by atoms with E-state index in [0.717, 1.165) is 12.1 Å². The molecule has 2 N–H and O–H groups in total. The number of carbonyl (C=O) groups excluding carboxylic acids is 2. The van der Waals surface area contributed by atoms with Crippen LogP contribution in [-0.4, -0.2) is 39.5 Å². The Balaban J connectivity index is 2.48. The topological polar surface area (TPSA) is 102 Å². The minimum absolute atomic E-state index is 0.0994. The van der Waals surface area contributed by atoms with Crippen LogP contribution in [0.3, 0.4) is 0 Å². The second-order valence-electron chi connectivity index (χ2n) is 4.66. The Labute approximate surface area is 127 Å². The van der Waals surface area contributed by atoms with Crippen molar-refractivity contribution < 1.29 is 27.1 Å². The zero-order valence-corrected chi connectivity index (χ0v) is 12.9. The summed E-state index contributed by atoms with van der Waals surface area (Å²) in [6.45, 7) is 2.33. The van der Waals surface area contributed by atoms with E-state index in [1.165, 1.54) is 12.1 Å². The first-order valence-electron chi connectivity index (χ1n) is 6.41. The third-order valence-corrected chi connectivity index (χ3v) is 3.73. The van der Waals surface area contributed by atoms with Gasteiger partial charge >= 0.3 is 5.97 Å². The van der Waals surface area contributed by atoms with Crippen LogP contribution in [0.15, 0.2) is 29.2 Å². The van der Waals surface area contributed by atoms with Gasteiger partial charge in [0.1, 0.15) is 12.4 Å². The van der Waals surface area contributed by atoms with E-state index in [4.69, 9.17) is 0 Å². The lowest BCUT2D eigenvalue weighted by Gasteiger charge is -2.09. The van der Waals surface area contributed by atoms with Crippen LogP contribution in [0.2, 0.25) is 0 Å². The average Bonchev–Trinajstić information content (AvgIpc) is 2.42. The van der Waals surface area contributed by atoms with Crippen LogP contribution in [0, 0.1) is 5.82 Å². The first kappa shape index (κ1) is 18.1. The number of carbonyl (C=O) groups is 2. The molecule has 0 aliphatic rings. The molecular formula is C13H17FN2O5S. The number of benzene rings is 1. The van der Waals surface area contributed by atoms with Crippen LogP contribution in [0.1, 0.15) is 13.8 Å². The molecule has 0 spiro atoms. The predicted octanol–water partition coefficient (Wildman–Crippen LogP) is 0.172. The Kier molecular flexibility index (Phi) is 6.44. The monoisotopic (exact) mass is 332 g/mol. The average molecular weight is 332 g/mol. The summed E-state index contributed by atoms with van der Waals surface area (Å²) < 4.78 is 43.2. The summed E-state index contributed by atoms with van der Waals surface area (Å²) in [4.78, 5) is 22.3. The molecule has 9 heteroatoms. The molecule has 0 bridgehead atoms. The van der Waals surface area contributed by atoms with Gasteiger partial charge in [0.2, 0.25) is 10.0 Å². The Hall–Kier alpha value is -2.00. The molecule has 0 saturated carbocycles. The molecule has 1 aromatic carbocycles. The van der Waals surface area contributed by atoms with Crippen LogP contribution in [0.25, 0.3) is 0 Å². The summed E-state index contributed by atoms with van der Waals surface area (Å²) in [6.07, 6.45) is 0. The van der Waals surface area contributed by atoms with Crippen molar-refractivity contribution in [3.8, 4) is 0 Å². The molecule has 0 radical (unpaired) electrons. The predicted molar refractivity (Wildman–Crippen MR) is 75.8 cm³/mol. The Morgan fingerprint density at radius 3 is 2.59 bits per heavy atom. The molecule has 0 heterocycles. The summed E-state index contributed by atoms with van der Waals surface area (Å²) in [5.74, 6) is -2.12. The highest BCUT2D eigenvalue weighted by Crippen LogP contribution is 2.09. The van der Waals surface area contributed by atoms with Gasteiger partial charge in [-0.2, -0.15) is 4.72 Å². The number of rotatable bonds is 7. The van der Waals surface area contributed by atoms with E-state index in [-0.39, 0.29) is 10.9 Å². The molecule has 0 aromatic heterocycles. The molecule has 0 aliphatic carbocycles. The smallest absolute Gasteiger partial charge is 0.321 e. The number of nitrogens with one attached hydrogen (secondary N) is 2. The number of esters is 1. The molecule has 0 unspecified atom stereocenters. The lowest BCUT2D eigenvalue weighted by Crippen LogP contribution is -2.36. The van der Waals surface area contributed by atoms with Crippen molar-refractivity contribution in [1.29, 1.82) is 0 Å². The normalized spacial score (nSPS) is 11.3. The summed E-state index contributed by atoms with van der Waals surface area (Å²) in [5, 5.41) is 2.51. The van der Waals surface area contributed by atoms with Crippen LogP contribution in [0.4, 0.5) is 4.39 Å². The van der Waals surface area contributed by atoms with Crippen molar-refractivity contribution in [3.63, 3.8) is 0 Å². The summed E-state index contributed by atoms with van der Waals surface area (Å²) >= 11 is 0. The Morgan fingerprint density at radius 1 is 1.32 bits per heavy atom. The number of ether oxygens (including phenoxy) is 1. The van der Waals surface area contributed by atoms with Gasteiger partial charge in [0, 0.05) is 6.04 Å². The molecule has 122 valence electrons. The standard InChI is InChI=1S/C13H17FN2O5S/c1-9(2)16-12(17)8-21-13(18)7-15-22(19,20)11-5-3-4-10(14)6-11/h3-6,9,15H,7-8H2,1-2H3,(H,16,17). The zero-order chi connectivity index (χ0) is 16.8. The van der Waals surface area contributed by atoms with E-state index >= 15 is 0 Å². The minimum Gasteiger partial charge on any atom is -0.455 e. The largest absolute Gasteiger partial charge is 0.455 e. The Bertz CT molecular complexity index is 646. The fraction of sp³-hybridized carbons (Fsp3) is 0.385. The fourth-order valence-corrected chi connectivity index (χ4v) is 2.43. The first-order valence-corrected chi connectivity index (χ1v) is 7.89. The first-order chi connectivity index (χ1) is 10.2. The molecule has 0 aliphatic heterocycles. The quantitative estimate of drug-likeness (QED) is 0.693. The molecule has 0 fully saturated rings. The van der Waals surface area contributed by atoms with Crippen molar-refractivity contribution in [2.75, 3.05) is 13.2 Å². The van der Waals surface area contributed by atoms with E-state index in [0.29, 0.717) is 0 Å². The second kappa shape index (κ2) is 7.85. The lowest BCUT2D eigenvalue weighted by atomic mass is 10.4. The molecular weight excluding hydrogens is 315 g/mol. The lowest BCUT2D eigenvalue weighted by molar-refractivity contribution is -0.147. The maximum Gasteiger partial charge on any atom is 0.321 e. The van der Waals surface area contributed by atoms with Gasteiger partial charge in [0.15, 0.2) is 6.61 Å². The van der Waals surface area contributed by atoms with Crippen LogP contribution in [0.5, 0.6) is 0 Å². The zero-order valence-electron chi connectivity index (χ0n) is 12.1. The fourth-order valence-electron chi connectivity index (χ4n) is 1.43. The van der Waals surface area contributed by atoms with E-state index in [1.807, 2.05) is 4.72 Å². The van der Waals surface area contributed by atoms with Gasteiger partial charge in [0.05, 0.1) is 4.90 Å². The minimum atomic E-state index is -4.03. The van der Waals surface area contributed by atoms with E-state index in [2.05, 4.69) is 10.1 Å². The van der Waals surface area contributed by atoms with Gasteiger partial charge < -0.3 is 10.1 Å². The summed E-state index contributed by atoms with van der Waals surface area (Å²) in [6, 6.07) is 4.24. The van der Waals surface area contributed by atoms with Crippen molar-refractivity contribution in [2.24, 2.45) is 0 Å². The highest BCUT2D eigenvalue weighted by molar-refractivity contribution is 7.89. The third kappa shape index (κ3) is 6.19. The molecule has 0 atom stereocenters. The van der Waals surface area contributed by atoms with Gasteiger partial charge in [-0.05, 0) is 32.0 Å².